The molecule has 1 heterocycles. The van der Waals surface area contributed by atoms with Gasteiger partial charge in [0.05, 0.1) is 0 Å². The van der Waals surface area contributed by atoms with Gasteiger partial charge in [-0.1, -0.05) is 0 Å². The van der Waals surface area contributed by atoms with Crippen LogP contribution in [0.2, 0.25) is 0 Å². The molecule has 4 nitrogen and oxygen atoms in total. The molecule has 0 saturated carbocycles. The fraction of sp³-hybridized carbons (Fsp3) is 0. The van der Waals surface area contributed by atoms with Crippen molar-refractivity contribution in [2.45, 2.75) is 0 Å². The third kappa shape index (κ3) is 0.774. The molecule has 0 amide bonds. The van der Waals surface area contributed by atoms with Gasteiger partial charge in [0.2, 0.25) is 4.77 Å². The lowest BCUT2D eigenvalue weighted by Crippen LogP contribution is -1.92. The van der Waals surface area contributed by atoms with Gasteiger partial charge in [-0.05, 0) is 12.2 Å². The average molecular weight is 118 g/mol. The fourth-order valence-corrected chi connectivity index (χ4v) is 0.361. The van der Waals surface area contributed by atoms with Crippen molar-refractivity contribution in [3.05, 3.63) is 15.3 Å². The van der Waals surface area contributed by atoms with E-state index in [1.165, 1.54) is 0 Å². The zero-order chi connectivity index (χ0) is 5.28. The molecule has 38 valence electrons. The number of aromatic nitrogens is 2. The Morgan fingerprint density at radius 1 is 1.71 bits per heavy atom. The molecule has 1 aromatic rings. The topological polar surface area (TPSA) is 61.8 Å². The summed E-state index contributed by atoms with van der Waals surface area (Å²) in [6.45, 7) is 0. The Hall–Kier alpha value is -0.840. The molecule has 0 fully saturated rings. The van der Waals surface area contributed by atoms with E-state index in [0.717, 1.165) is 0 Å². The van der Waals surface area contributed by atoms with Crippen LogP contribution in [-0.2, 0) is 0 Å². The van der Waals surface area contributed by atoms with Crippen LogP contribution >= 0.6 is 12.2 Å². The Kier molecular flexibility index (Phi) is 0.828. The van der Waals surface area contributed by atoms with Gasteiger partial charge in [0.25, 0.3) is 0 Å². The van der Waals surface area contributed by atoms with Crippen LogP contribution in [0.25, 0.3) is 0 Å². The van der Waals surface area contributed by atoms with E-state index < -0.39 is 5.76 Å². The molecule has 1 aromatic heterocycles. The summed E-state index contributed by atoms with van der Waals surface area (Å²) in [6.07, 6.45) is 0. The van der Waals surface area contributed by atoms with Crippen LogP contribution in [0.1, 0.15) is 0 Å². The third-order valence-corrected chi connectivity index (χ3v) is 0.637. The number of aromatic amines is 2. The monoisotopic (exact) mass is 118 g/mol. The van der Waals surface area contributed by atoms with E-state index in [0.29, 0.717) is 0 Å². The maximum absolute atomic E-state index is 9.97. The van der Waals surface area contributed by atoms with E-state index >= 15 is 0 Å². The van der Waals surface area contributed by atoms with Gasteiger partial charge in [-0.15, -0.1) is 0 Å². The van der Waals surface area contributed by atoms with Gasteiger partial charge in [0.1, 0.15) is 0 Å². The summed E-state index contributed by atoms with van der Waals surface area (Å²) in [4.78, 5) is 12.1. The lowest BCUT2D eigenvalue weighted by molar-refractivity contribution is 0.384. The van der Waals surface area contributed by atoms with E-state index in [4.69, 9.17) is 0 Å². The molecule has 0 aliphatic carbocycles. The average Bonchev–Trinajstić information content (AvgIpc) is 1.87. The van der Waals surface area contributed by atoms with Gasteiger partial charge in [-0.3, -0.25) is 4.98 Å². The minimum Gasteiger partial charge on any atom is -0.322 e. The molecule has 0 unspecified atom stereocenters. The van der Waals surface area contributed by atoms with Crippen molar-refractivity contribution < 1.29 is 4.52 Å². The first-order valence-electron chi connectivity index (χ1n) is 1.57. The van der Waals surface area contributed by atoms with E-state index in [9.17, 15) is 4.79 Å². The van der Waals surface area contributed by atoms with Crippen LogP contribution in [0.4, 0.5) is 0 Å². The van der Waals surface area contributed by atoms with E-state index in [1.807, 2.05) is 0 Å². The highest BCUT2D eigenvalue weighted by molar-refractivity contribution is 7.71. The van der Waals surface area contributed by atoms with Crippen molar-refractivity contribution >= 4 is 12.2 Å². The molecule has 0 bridgehead atoms. The molecule has 0 saturated heterocycles. The van der Waals surface area contributed by atoms with Crippen molar-refractivity contribution in [3.63, 3.8) is 0 Å². The normalized spacial score (nSPS) is 9.14. The number of hydrogen-bond acceptors (Lipinski definition) is 3. The summed E-state index contributed by atoms with van der Waals surface area (Å²) >= 11 is 4.43. The molecular weight excluding hydrogens is 116 g/mol. The highest BCUT2D eigenvalue weighted by Gasteiger charge is 1.79. The minimum atomic E-state index is -0.551. The Bertz CT molecular complexity index is 218. The fourth-order valence-electron chi connectivity index (χ4n) is 0.236. The second-order valence-corrected chi connectivity index (χ2v) is 1.35. The van der Waals surface area contributed by atoms with Gasteiger partial charge in [0, 0.05) is 0 Å². The number of H-pyrrole nitrogens is 2. The van der Waals surface area contributed by atoms with Crippen molar-refractivity contribution in [2.75, 3.05) is 0 Å². The first-order chi connectivity index (χ1) is 3.29. The second kappa shape index (κ2) is 1.34. The predicted molar refractivity (Wildman–Crippen MR) is 24.5 cm³/mol. The third-order valence-electron chi connectivity index (χ3n) is 0.452. The number of nitrogens with one attached hydrogen (secondary N) is 2. The van der Waals surface area contributed by atoms with Crippen molar-refractivity contribution in [1.29, 1.82) is 0 Å². The summed E-state index contributed by atoms with van der Waals surface area (Å²) in [5.74, 6) is -0.551. The number of rotatable bonds is 0. The SMILES string of the molecule is O=c1[nH]c(=S)[nH]o1. The van der Waals surface area contributed by atoms with Crippen LogP contribution in [0.15, 0.2) is 9.32 Å². The van der Waals surface area contributed by atoms with Crippen LogP contribution in [0, 0.1) is 4.77 Å². The lowest BCUT2D eigenvalue weighted by atomic mass is 11.3. The summed E-state index contributed by atoms with van der Waals surface area (Å²) in [5.41, 5.74) is 0. The van der Waals surface area contributed by atoms with Crippen molar-refractivity contribution in [2.24, 2.45) is 0 Å². The highest BCUT2D eigenvalue weighted by atomic mass is 32.1. The molecule has 0 aliphatic heterocycles. The van der Waals surface area contributed by atoms with Gasteiger partial charge in [-0.2, -0.15) is 5.16 Å². The molecule has 0 aromatic carbocycles. The summed E-state index contributed by atoms with van der Waals surface area (Å²) in [7, 11) is 0. The molecule has 1 rings (SSSR count). The first-order valence-corrected chi connectivity index (χ1v) is 1.97. The van der Waals surface area contributed by atoms with Crippen LogP contribution in [0.5, 0.6) is 0 Å². The van der Waals surface area contributed by atoms with Gasteiger partial charge in [0.15, 0.2) is 0 Å². The van der Waals surface area contributed by atoms with Gasteiger partial charge < -0.3 is 4.52 Å². The Morgan fingerprint density at radius 3 is 2.57 bits per heavy atom. The van der Waals surface area contributed by atoms with Crippen LogP contribution in [0.3, 0.4) is 0 Å². The molecule has 0 atom stereocenters. The zero-order valence-electron chi connectivity index (χ0n) is 3.22. The Balaban J connectivity index is 3.59. The number of hydrogen-bond donors (Lipinski definition) is 2. The summed E-state index contributed by atoms with van der Waals surface area (Å²) in [6, 6.07) is 0. The zero-order valence-corrected chi connectivity index (χ0v) is 4.04. The van der Waals surface area contributed by atoms with Crippen LogP contribution in [-0.4, -0.2) is 10.1 Å². The molecule has 2 N–H and O–H groups in total. The Morgan fingerprint density at radius 2 is 2.43 bits per heavy atom. The molecule has 7 heavy (non-hydrogen) atoms. The van der Waals surface area contributed by atoms with Crippen LogP contribution < -0.4 is 5.76 Å². The smallest absolute Gasteiger partial charge is 0.322 e. The standard InChI is InChI=1S/C2H2N2O2S/c5-2-3-1(7)4-6-2/h(H2,3,4,5,7). The largest absolute Gasteiger partial charge is 0.437 e. The maximum Gasteiger partial charge on any atom is 0.437 e. The summed E-state index contributed by atoms with van der Waals surface area (Å²) < 4.78 is 4.34. The predicted octanol–water partition coefficient (Wildman–Crippen LogP) is 0.0255. The van der Waals surface area contributed by atoms with Crippen molar-refractivity contribution in [1.82, 2.24) is 10.1 Å². The van der Waals surface area contributed by atoms with E-state index in [-0.39, 0.29) is 4.77 Å². The highest BCUT2D eigenvalue weighted by Crippen LogP contribution is 1.65. The molecule has 5 heteroatoms. The van der Waals surface area contributed by atoms with Crippen molar-refractivity contribution in [3.8, 4) is 0 Å². The van der Waals surface area contributed by atoms with E-state index in [2.05, 4.69) is 26.9 Å². The van der Waals surface area contributed by atoms with Gasteiger partial charge >= 0.3 is 5.76 Å². The molecule has 0 aliphatic rings. The first kappa shape index (κ1) is 4.32. The molecule has 0 radical (unpaired) electrons. The second-order valence-electron chi connectivity index (χ2n) is 0.946. The maximum atomic E-state index is 9.97. The van der Waals surface area contributed by atoms with E-state index in [1.54, 1.807) is 0 Å². The summed E-state index contributed by atoms with van der Waals surface area (Å²) in [5, 5.41) is 2.14. The minimum absolute atomic E-state index is 0.213. The van der Waals surface area contributed by atoms with Gasteiger partial charge in [-0.25, -0.2) is 4.79 Å². The Labute approximate surface area is 43.1 Å². The molecule has 0 spiro atoms. The quantitative estimate of drug-likeness (QED) is 0.472. The lowest BCUT2D eigenvalue weighted by Gasteiger charge is -1.53. The molecular formula is C2H2N2O2S.